The Morgan fingerprint density at radius 1 is 1.21 bits per heavy atom. The monoisotopic (exact) mass is 338 g/mol. The van der Waals surface area contributed by atoms with Gasteiger partial charge in [0.25, 0.3) is 0 Å². The van der Waals surface area contributed by atoms with Crippen LogP contribution in [0.4, 0.5) is 10.7 Å². The zero-order valence-corrected chi connectivity index (χ0v) is 14.3. The predicted octanol–water partition coefficient (Wildman–Crippen LogP) is 1.24. The Morgan fingerprint density at radius 3 is 2.33 bits per heavy atom. The Hall–Kier alpha value is -2.58. The topological polar surface area (TPSA) is 105 Å². The highest BCUT2D eigenvalue weighted by atomic mass is 16.6. The zero-order valence-electron chi connectivity index (χ0n) is 14.3. The Kier molecular flexibility index (Phi) is 5.10. The van der Waals surface area contributed by atoms with E-state index in [1.54, 1.807) is 4.90 Å². The van der Waals surface area contributed by atoms with E-state index in [2.05, 4.69) is 9.97 Å². The minimum atomic E-state index is -1.15. The average molecular weight is 338 g/mol. The fourth-order valence-corrected chi connectivity index (χ4v) is 2.23. The van der Waals surface area contributed by atoms with Crippen LogP contribution >= 0.6 is 0 Å². The lowest BCUT2D eigenvalue weighted by Gasteiger charge is -2.35. The number of aromatic nitrogens is 2. The van der Waals surface area contributed by atoms with Gasteiger partial charge in [0.1, 0.15) is 11.2 Å². The van der Waals surface area contributed by atoms with Crippen LogP contribution in [0.2, 0.25) is 0 Å². The van der Waals surface area contributed by atoms with Gasteiger partial charge in [-0.25, -0.2) is 14.6 Å². The summed E-state index contributed by atoms with van der Waals surface area (Å²) in [6.45, 7) is 7.47. The Bertz CT molecular complexity index is 621. The maximum absolute atomic E-state index is 12.0. The summed E-state index contributed by atoms with van der Waals surface area (Å²) < 4.78 is 10.4. The molecule has 0 atom stereocenters. The van der Waals surface area contributed by atoms with E-state index in [1.807, 2.05) is 25.7 Å². The summed E-state index contributed by atoms with van der Waals surface area (Å²) in [6.07, 6.45) is 0.880. The summed E-state index contributed by atoms with van der Waals surface area (Å²) >= 11 is 0. The van der Waals surface area contributed by atoms with E-state index in [4.69, 9.17) is 14.6 Å². The molecule has 0 spiro atoms. The third-order valence-electron chi connectivity index (χ3n) is 3.38. The van der Waals surface area contributed by atoms with Crippen LogP contribution in [0.3, 0.4) is 0 Å². The van der Waals surface area contributed by atoms with Crippen molar-refractivity contribution < 1.29 is 24.2 Å². The molecule has 1 amide bonds. The number of nitrogens with zero attached hydrogens (tertiary/aromatic N) is 4. The molecule has 0 aliphatic carbocycles. The normalized spacial score (nSPS) is 15.2. The summed E-state index contributed by atoms with van der Waals surface area (Å²) in [7, 11) is 1.36. The summed E-state index contributed by atoms with van der Waals surface area (Å²) in [4.78, 5) is 34.8. The van der Waals surface area contributed by atoms with Crippen molar-refractivity contribution in [2.75, 3.05) is 38.2 Å². The second-order valence-electron chi connectivity index (χ2n) is 6.35. The van der Waals surface area contributed by atoms with Crippen LogP contribution in [-0.2, 0) is 4.74 Å². The maximum atomic E-state index is 12.0. The number of anilines is 1. The molecular weight excluding hydrogens is 316 g/mol. The van der Waals surface area contributed by atoms with E-state index in [-0.39, 0.29) is 17.5 Å². The predicted molar refractivity (Wildman–Crippen MR) is 85.6 cm³/mol. The third-order valence-corrected chi connectivity index (χ3v) is 3.38. The molecule has 0 saturated carbocycles. The molecule has 9 nitrogen and oxygen atoms in total. The fraction of sp³-hybridized carbons (Fsp3) is 0.600. The number of piperazine rings is 1. The number of methoxy groups -OCH3 is 1. The number of carbonyl (C=O) groups excluding carboxylic acids is 1. The van der Waals surface area contributed by atoms with E-state index in [1.165, 1.54) is 13.3 Å². The van der Waals surface area contributed by atoms with Crippen LogP contribution in [-0.4, -0.2) is 70.9 Å². The number of aromatic carboxylic acids is 1. The SMILES string of the molecule is COc1nc(N2CCN(C(=O)OC(C)(C)C)CC2)ncc1C(=O)O. The second kappa shape index (κ2) is 6.90. The van der Waals surface area contributed by atoms with Crippen LogP contribution in [0.1, 0.15) is 31.1 Å². The highest BCUT2D eigenvalue weighted by Crippen LogP contribution is 2.20. The van der Waals surface area contributed by atoms with Crippen LogP contribution in [0.25, 0.3) is 0 Å². The minimum Gasteiger partial charge on any atom is -0.480 e. The van der Waals surface area contributed by atoms with E-state index in [9.17, 15) is 9.59 Å². The van der Waals surface area contributed by atoms with E-state index >= 15 is 0 Å². The number of rotatable bonds is 3. The van der Waals surface area contributed by atoms with Crippen molar-refractivity contribution in [2.45, 2.75) is 26.4 Å². The maximum Gasteiger partial charge on any atom is 0.410 e. The van der Waals surface area contributed by atoms with Crippen molar-refractivity contribution in [3.8, 4) is 5.88 Å². The van der Waals surface area contributed by atoms with Gasteiger partial charge in [-0.2, -0.15) is 4.98 Å². The third kappa shape index (κ3) is 4.24. The molecule has 24 heavy (non-hydrogen) atoms. The first kappa shape index (κ1) is 17.8. The molecule has 1 aromatic heterocycles. The van der Waals surface area contributed by atoms with E-state index in [0.29, 0.717) is 32.1 Å². The number of ether oxygens (including phenoxy) is 2. The average Bonchev–Trinajstić information content (AvgIpc) is 2.52. The second-order valence-corrected chi connectivity index (χ2v) is 6.35. The quantitative estimate of drug-likeness (QED) is 0.877. The van der Waals surface area contributed by atoms with Crippen molar-refractivity contribution in [3.63, 3.8) is 0 Å². The number of amides is 1. The van der Waals surface area contributed by atoms with Crippen molar-refractivity contribution in [3.05, 3.63) is 11.8 Å². The van der Waals surface area contributed by atoms with E-state index in [0.717, 1.165) is 0 Å². The first-order valence-electron chi connectivity index (χ1n) is 7.58. The van der Waals surface area contributed by atoms with Crippen LogP contribution in [0.5, 0.6) is 5.88 Å². The Labute approximate surface area is 140 Å². The van der Waals surface area contributed by atoms with Gasteiger partial charge in [0.15, 0.2) is 0 Å². The molecule has 1 aromatic rings. The van der Waals surface area contributed by atoms with Gasteiger partial charge in [-0.3, -0.25) is 0 Å². The molecule has 2 heterocycles. The molecule has 1 fully saturated rings. The van der Waals surface area contributed by atoms with Gasteiger partial charge in [0.05, 0.1) is 13.3 Å². The van der Waals surface area contributed by atoms with Gasteiger partial charge in [-0.15, -0.1) is 0 Å². The van der Waals surface area contributed by atoms with Gasteiger partial charge in [-0.05, 0) is 20.8 Å². The lowest BCUT2D eigenvalue weighted by Crippen LogP contribution is -2.50. The Balaban J connectivity index is 2.02. The summed E-state index contributed by atoms with van der Waals surface area (Å²) in [5, 5.41) is 9.05. The molecule has 1 aliphatic rings. The smallest absolute Gasteiger partial charge is 0.410 e. The van der Waals surface area contributed by atoms with Gasteiger partial charge in [-0.1, -0.05) is 0 Å². The summed E-state index contributed by atoms with van der Waals surface area (Å²) in [5.74, 6) is -0.754. The molecule has 2 rings (SSSR count). The zero-order chi connectivity index (χ0) is 17.9. The number of hydrogen-bond donors (Lipinski definition) is 1. The first-order chi connectivity index (χ1) is 11.2. The molecule has 0 aromatic carbocycles. The van der Waals surface area contributed by atoms with Crippen LogP contribution < -0.4 is 9.64 Å². The summed E-state index contributed by atoms with van der Waals surface area (Å²) in [6, 6.07) is 0. The molecule has 1 N–H and O–H groups in total. The van der Waals surface area contributed by atoms with Gasteiger partial charge >= 0.3 is 12.1 Å². The standard InChI is InChI=1S/C15H22N4O5/c1-15(2,3)24-14(22)19-7-5-18(6-8-19)13-16-9-10(12(20)21)11(17-13)23-4/h9H,5-8H2,1-4H3,(H,20,21). The molecule has 0 radical (unpaired) electrons. The first-order valence-corrected chi connectivity index (χ1v) is 7.58. The lowest BCUT2D eigenvalue weighted by atomic mass is 10.2. The highest BCUT2D eigenvalue weighted by molar-refractivity contribution is 5.89. The number of hydrogen-bond acceptors (Lipinski definition) is 7. The fourth-order valence-electron chi connectivity index (χ4n) is 2.23. The van der Waals surface area contributed by atoms with Crippen LogP contribution in [0.15, 0.2) is 6.20 Å². The molecule has 1 aliphatic heterocycles. The molecule has 0 bridgehead atoms. The van der Waals surface area contributed by atoms with Crippen molar-refractivity contribution >= 4 is 18.0 Å². The lowest BCUT2D eigenvalue weighted by molar-refractivity contribution is 0.0239. The number of carbonyl (C=O) groups is 2. The van der Waals surface area contributed by atoms with Gasteiger partial charge in [0.2, 0.25) is 11.8 Å². The minimum absolute atomic E-state index is 0.0158. The number of carboxylic acid groups (broad SMARTS) is 1. The Morgan fingerprint density at radius 2 is 1.83 bits per heavy atom. The van der Waals surface area contributed by atoms with Crippen LogP contribution in [0, 0.1) is 0 Å². The summed E-state index contributed by atoms with van der Waals surface area (Å²) in [5.41, 5.74) is -0.620. The molecule has 9 heteroatoms. The number of carboxylic acids is 1. The molecule has 132 valence electrons. The van der Waals surface area contributed by atoms with Gasteiger partial charge < -0.3 is 24.4 Å². The van der Waals surface area contributed by atoms with Crippen molar-refractivity contribution in [1.82, 2.24) is 14.9 Å². The highest BCUT2D eigenvalue weighted by Gasteiger charge is 2.27. The largest absolute Gasteiger partial charge is 0.480 e. The molecular formula is C15H22N4O5. The van der Waals surface area contributed by atoms with Crippen molar-refractivity contribution in [2.24, 2.45) is 0 Å². The van der Waals surface area contributed by atoms with Gasteiger partial charge in [0, 0.05) is 26.2 Å². The molecule has 1 saturated heterocycles. The molecule has 0 unspecified atom stereocenters. The van der Waals surface area contributed by atoms with E-state index < -0.39 is 11.6 Å². The van der Waals surface area contributed by atoms with Crippen molar-refractivity contribution in [1.29, 1.82) is 0 Å².